The van der Waals surface area contributed by atoms with E-state index in [-0.39, 0.29) is 19.1 Å². The first-order valence-corrected chi connectivity index (χ1v) is 6.85. The van der Waals surface area contributed by atoms with Gasteiger partial charge in [-0.3, -0.25) is 4.79 Å². The molecule has 0 rings (SSSR count). The molecule has 8 nitrogen and oxygen atoms in total. The van der Waals surface area contributed by atoms with E-state index < -0.39 is 28.2 Å². The molecule has 3 N–H and O–H groups in total. The van der Waals surface area contributed by atoms with Crippen molar-refractivity contribution in [2.24, 2.45) is 11.8 Å². The molecule has 0 aromatic heterocycles. The summed E-state index contributed by atoms with van der Waals surface area (Å²) in [7, 11) is -4.10. The Morgan fingerprint density at radius 3 is 2.28 bits per heavy atom. The quantitative estimate of drug-likeness (QED) is 0.600. The number of carbonyl (C=O) groups excluding carboxylic acids is 1. The van der Waals surface area contributed by atoms with Crippen molar-refractivity contribution in [2.75, 3.05) is 13.2 Å². The lowest BCUT2D eigenvalue weighted by molar-refractivity contribution is -0.142. The summed E-state index contributed by atoms with van der Waals surface area (Å²) in [6.45, 7) is 4.57. The Balaban J connectivity index is 4.42. The number of nitrogens with one attached hydrogen (secondary N) is 2. The molecule has 1 unspecified atom stereocenters. The highest BCUT2D eigenvalue weighted by Crippen LogP contribution is 2.09. The number of rotatable bonds is 7. The van der Waals surface area contributed by atoms with Crippen molar-refractivity contribution in [2.45, 2.75) is 20.8 Å². The summed E-state index contributed by atoms with van der Waals surface area (Å²) >= 11 is 0. The molecule has 0 aromatic rings. The van der Waals surface area contributed by atoms with Gasteiger partial charge in [-0.2, -0.15) is 13.1 Å². The van der Waals surface area contributed by atoms with E-state index in [1.807, 2.05) is 4.72 Å². The Bertz CT molecular complexity index is 392. The first-order valence-electron chi connectivity index (χ1n) is 5.36. The molecule has 0 heterocycles. The van der Waals surface area contributed by atoms with Gasteiger partial charge in [0.15, 0.2) is 0 Å². The zero-order chi connectivity index (χ0) is 14.3. The molecule has 0 aromatic carbocycles. The predicted octanol–water partition coefficient (Wildman–Crippen LogP) is -0.0763. The van der Waals surface area contributed by atoms with Gasteiger partial charge in [-0.15, -0.1) is 0 Å². The van der Waals surface area contributed by atoms with Crippen molar-refractivity contribution in [3.8, 4) is 0 Å². The third-order valence-electron chi connectivity index (χ3n) is 2.11. The van der Waals surface area contributed by atoms with Gasteiger partial charge in [0.1, 0.15) is 0 Å². The minimum atomic E-state index is -4.10. The largest absolute Gasteiger partial charge is 0.481 e. The van der Waals surface area contributed by atoms with E-state index >= 15 is 0 Å². The summed E-state index contributed by atoms with van der Waals surface area (Å²) < 4.78 is 30.7. The highest BCUT2D eigenvalue weighted by molar-refractivity contribution is 7.88. The van der Waals surface area contributed by atoms with Gasteiger partial charge in [0.05, 0.1) is 12.5 Å². The van der Waals surface area contributed by atoms with Gasteiger partial charge in [0.25, 0.3) is 0 Å². The third-order valence-corrected chi connectivity index (χ3v) is 3.09. The molecule has 0 saturated heterocycles. The van der Waals surface area contributed by atoms with Crippen LogP contribution in [0.2, 0.25) is 0 Å². The zero-order valence-electron chi connectivity index (χ0n) is 10.5. The van der Waals surface area contributed by atoms with E-state index in [2.05, 4.69) is 4.74 Å². The summed E-state index contributed by atoms with van der Waals surface area (Å²) in [6.07, 6.45) is -1.11. The van der Waals surface area contributed by atoms with E-state index in [0.717, 1.165) is 0 Å². The van der Waals surface area contributed by atoms with E-state index in [0.29, 0.717) is 0 Å². The second-order valence-corrected chi connectivity index (χ2v) is 5.36. The van der Waals surface area contributed by atoms with Crippen molar-refractivity contribution < 1.29 is 27.9 Å². The normalized spacial score (nSPS) is 13.1. The SMILES string of the molecule is CCOC(=O)NS(=O)(=O)NCC(C(=O)O)C(C)C. The van der Waals surface area contributed by atoms with Gasteiger partial charge in [-0.05, 0) is 12.8 Å². The van der Waals surface area contributed by atoms with Gasteiger partial charge in [0.2, 0.25) is 0 Å². The number of hydrogen-bond acceptors (Lipinski definition) is 5. The second kappa shape index (κ2) is 7.17. The molecule has 106 valence electrons. The fraction of sp³-hybridized carbons (Fsp3) is 0.778. The smallest absolute Gasteiger partial charge is 0.421 e. The maximum atomic E-state index is 11.3. The summed E-state index contributed by atoms with van der Waals surface area (Å²) in [5, 5.41) is 8.86. The van der Waals surface area contributed by atoms with Crippen molar-refractivity contribution >= 4 is 22.3 Å². The molecule has 0 fully saturated rings. The highest BCUT2D eigenvalue weighted by atomic mass is 32.2. The number of carbonyl (C=O) groups is 2. The Morgan fingerprint density at radius 2 is 1.89 bits per heavy atom. The average Bonchev–Trinajstić information content (AvgIpc) is 2.15. The van der Waals surface area contributed by atoms with Crippen LogP contribution in [-0.2, 0) is 19.7 Å². The fourth-order valence-corrected chi connectivity index (χ4v) is 1.86. The van der Waals surface area contributed by atoms with E-state index in [1.165, 1.54) is 6.92 Å². The van der Waals surface area contributed by atoms with E-state index in [1.54, 1.807) is 18.6 Å². The fourth-order valence-electron chi connectivity index (χ4n) is 1.11. The van der Waals surface area contributed by atoms with Crippen LogP contribution in [0.1, 0.15) is 20.8 Å². The first-order chi connectivity index (χ1) is 8.19. The molecule has 0 aliphatic heterocycles. The lowest BCUT2D eigenvalue weighted by atomic mass is 9.97. The maximum Gasteiger partial charge on any atom is 0.421 e. The number of hydrogen-bond donors (Lipinski definition) is 3. The Kier molecular flexibility index (Phi) is 6.63. The number of aliphatic carboxylic acids is 1. The van der Waals surface area contributed by atoms with Gasteiger partial charge < -0.3 is 9.84 Å². The van der Waals surface area contributed by atoms with Crippen molar-refractivity contribution in [1.82, 2.24) is 9.44 Å². The number of carboxylic acids is 1. The van der Waals surface area contributed by atoms with Crippen LogP contribution in [0.3, 0.4) is 0 Å². The summed E-state index contributed by atoms with van der Waals surface area (Å²) in [5.41, 5.74) is 0. The summed E-state index contributed by atoms with van der Waals surface area (Å²) in [4.78, 5) is 21.7. The number of amides is 1. The zero-order valence-corrected chi connectivity index (χ0v) is 11.3. The monoisotopic (exact) mass is 282 g/mol. The first kappa shape index (κ1) is 16.6. The van der Waals surface area contributed by atoms with Crippen LogP contribution < -0.4 is 9.44 Å². The second-order valence-electron chi connectivity index (χ2n) is 3.86. The van der Waals surface area contributed by atoms with Crippen LogP contribution in [-0.4, -0.2) is 38.7 Å². The molecule has 0 saturated carbocycles. The van der Waals surface area contributed by atoms with Gasteiger partial charge >= 0.3 is 22.3 Å². The minimum absolute atomic E-state index is 0.0328. The number of carboxylic acid groups (broad SMARTS) is 1. The molecule has 1 atom stereocenters. The van der Waals surface area contributed by atoms with E-state index in [9.17, 15) is 18.0 Å². The van der Waals surface area contributed by atoms with Crippen LogP contribution in [0.4, 0.5) is 4.79 Å². The Labute approximate surface area is 106 Å². The third kappa shape index (κ3) is 6.40. The standard InChI is InChI=1S/C9H18N2O6S/c1-4-17-9(14)11-18(15,16)10-5-7(6(2)3)8(12)13/h6-7,10H,4-5H2,1-3H3,(H,11,14)(H,12,13). The molecule has 1 amide bonds. The average molecular weight is 282 g/mol. The van der Waals surface area contributed by atoms with Crippen LogP contribution >= 0.6 is 0 Å². The minimum Gasteiger partial charge on any atom is -0.481 e. The molecule has 18 heavy (non-hydrogen) atoms. The maximum absolute atomic E-state index is 11.3. The highest BCUT2D eigenvalue weighted by Gasteiger charge is 2.24. The van der Waals surface area contributed by atoms with Gasteiger partial charge in [-0.1, -0.05) is 13.8 Å². The lowest BCUT2D eigenvalue weighted by Crippen LogP contribution is -2.44. The molecule has 0 aliphatic rings. The summed E-state index contributed by atoms with van der Waals surface area (Å²) in [5.74, 6) is -2.22. The molecule has 9 heteroatoms. The lowest BCUT2D eigenvalue weighted by Gasteiger charge is -2.16. The predicted molar refractivity (Wildman–Crippen MR) is 63.0 cm³/mol. The van der Waals surface area contributed by atoms with Crippen LogP contribution in [0, 0.1) is 11.8 Å². The topological polar surface area (TPSA) is 122 Å². The molecule has 0 aliphatic carbocycles. The van der Waals surface area contributed by atoms with E-state index in [4.69, 9.17) is 5.11 Å². The molecule has 0 radical (unpaired) electrons. The Morgan fingerprint density at radius 1 is 1.33 bits per heavy atom. The van der Waals surface area contributed by atoms with Crippen molar-refractivity contribution in [3.05, 3.63) is 0 Å². The molecular weight excluding hydrogens is 264 g/mol. The van der Waals surface area contributed by atoms with Crippen LogP contribution in [0.25, 0.3) is 0 Å². The van der Waals surface area contributed by atoms with Crippen LogP contribution in [0.15, 0.2) is 0 Å². The number of ether oxygens (including phenoxy) is 1. The molecular formula is C9H18N2O6S. The molecule has 0 bridgehead atoms. The van der Waals surface area contributed by atoms with Gasteiger partial charge in [0, 0.05) is 6.54 Å². The molecule has 0 spiro atoms. The van der Waals surface area contributed by atoms with Gasteiger partial charge in [-0.25, -0.2) is 9.52 Å². The van der Waals surface area contributed by atoms with Crippen LogP contribution in [0.5, 0.6) is 0 Å². The van der Waals surface area contributed by atoms with Crippen molar-refractivity contribution in [3.63, 3.8) is 0 Å². The van der Waals surface area contributed by atoms with Crippen molar-refractivity contribution in [1.29, 1.82) is 0 Å². The summed E-state index contributed by atoms with van der Waals surface area (Å²) in [6, 6.07) is 0. The Hall–Kier alpha value is -1.35.